The Hall–Kier alpha value is -2.18. The molecule has 3 N–H and O–H groups in total. The fourth-order valence-electron chi connectivity index (χ4n) is 2.25. The van der Waals surface area contributed by atoms with Gasteiger partial charge in [0, 0.05) is 30.9 Å². The summed E-state index contributed by atoms with van der Waals surface area (Å²) in [6.45, 7) is 8.08. The molecule has 24 heavy (non-hydrogen) atoms. The van der Waals surface area contributed by atoms with Gasteiger partial charge < -0.3 is 20.5 Å². The van der Waals surface area contributed by atoms with Gasteiger partial charge in [-0.1, -0.05) is 18.2 Å². The molecule has 0 saturated heterocycles. The summed E-state index contributed by atoms with van der Waals surface area (Å²) in [5.41, 5.74) is 2.06. The van der Waals surface area contributed by atoms with Crippen molar-refractivity contribution in [3.8, 4) is 5.75 Å². The maximum Gasteiger partial charge on any atom is 0.132 e. The first-order valence-corrected chi connectivity index (χ1v) is 8.18. The monoisotopic (exact) mass is 330 g/mol. The number of benzene rings is 1. The van der Waals surface area contributed by atoms with Gasteiger partial charge in [0.1, 0.15) is 30.1 Å². The molecule has 0 saturated carbocycles. The molecule has 1 aromatic heterocycles. The Bertz CT molecular complexity index is 634. The Morgan fingerprint density at radius 2 is 1.83 bits per heavy atom. The molecule has 2 aromatic rings. The van der Waals surface area contributed by atoms with Crippen LogP contribution in [0.3, 0.4) is 0 Å². The van der Waals surface area contributed by atoms with Gasteiger partial charge in [-0.05, 0) is 32.9 Å². The van der Waals surface area contributed by atoms with Crippen molar-refractivity contribution in [2.24, 2.45) is 0 Å². The number of hydrogen-bond donors (Lipinski definition) is 3. The second kappa shape index (κ2) is 9.20. The molecule has 130 valence electrons. The van der Waals surface area contributed by atoms with Crippen LogP contribution in [-0.2, 0) is 0 Å². The molecule has 6 heteroatoms. The predicted molar refractivity (Wildman–Crippen MR) is 95.5 cm³/mol. The van der Waals surface area contributed by atoms with Gasteiger partial charge in [-0.15, -0.1) is 0 Å². The largest absolute Gasteiger partial charge is 0.491 e. The predicted octanol–water partition coefficient (Wildman–Crippen LogP) is 1.84. The van der Waals surface area contributed by atoms with E-state index in [-0.39, 0.29) is 6.61 Å². The molecule has 1 heterocycles. The maximum absolute atomic E-state index is 9.92. The molecule has 6 nitrogen and oxygen atoms in total. The van der Waals surface area contributed by atoms with Gasteiger partial charge in [-0.2, -0.15) is 0 Å². The molecule has 0 spiro atoms. The number of aliphatic hydroxyl groups excluding tert-OH is 1. The van der Waals surface area contributed by atoms with Crippen molar-refractivity contribution in [3.05, 3.63) is 47.4 Å². The van der Waals surface area contributed by atoms with E-state index in [1.54, 1.807) is 0 Å². The Morgan fingerprint density at radius 3 is 2.58 bits per heavy atom. The van der Waals surface area contributed by atoms with Crippen molar-refractivity contribution in [1.29, 1.82) is 0 Å². The number of aromatic nitrogens is 2. The van der Waals surface area contributed by atoms with Crippen molar-refractivity contribution in [3.63, 3.8) is 0 Å². The lowest BCUT2D eigenvalue weighted by Crippen LogP contribution is -2.34. The van der Waals surface area contributed by atoms with Crippen LogP contribution in [0.25, 0.3) is 0 Å². The highest BCUT2D eigenvalue weighted by Gasteiger charge is 2.06. The first kappa shape index (κ1) is 18.2. The van der Waals surface area contributed by atoms with Crippen molar-refractivity contribution < 1.29 is 9.84 Å². The Balaban J connectivity index is 1.63. The Labute approximate surface area is 143 Å². The number of hydrogen-bond acceptors (Lipinski definition) is 6. The fourth-order valence-corrected chi connectivity index (χ4v) is 2.25. The molecule has 0 aliphatic carbocycles. The first-order chi connectivity index (χ1) is 11.6. The molecule has 0 aliphatic rings. The molecule has 0 aliphatic heterocycles. The van der Waals surface area contributed by atoms with Crippen molar-refractivity contribution in [2.75, 3.05) is 31.6 Å². The number of nitrogens with one attached hydrogen (secondary N) is 2. The molecule has 0 fully saturated rings. The fraction of sp³-hybridized carbons (Fsp3) is 0.444. The summed E-state index contributed by atoms with van der Waals surface area (Å²) in [7, 11) is 0. The van der Waals surface area contributed by atoms with Crippen LogP contribution in [0.15, 0.2) is 30.3 Å². The minimum atomic E-state index is -0.546. The van der Waals surface area contributed by atoms with Gasteiger partial charge in [0.2, 0.25) is 0 Å². The van der Waals surface area contributed by atoms with E-state index in [1.807, 2.05) is 51.1 Å². The zero-order chi connectivity index (χ0) is 17.4. The van der Waals surface area contributed by atoms with Crippen LogP contribution in [0.1, 0.15) is 17.1 Å². The van der Waals surface area contributed by atoms with E-state index in [2.05, 4.69) is 20.6 Å². The number of ether oxygens (including phenoxy) is 1. The standard InChI is InChI=1S/C18H26N4O2/c1-13-14(2)21-15(3)22-18(13)20-10-9-19-11-16(23)12-24-17-7-5-4-6-8-17/h4-8,16,19,23H,9-12H2,1-3H3,(H,20,21,22). The molecule has 2 rings (SSSR count). The lowest BCUT2D eigenvalue weighted by Gasteiger charge is -2.14. The summed E-state index contributed by atoms with van der Waals surface area (Å²) in [5, 5.41) is 16.4. The van der Waals surface area contributed by atoms with Crippen LogP contribution in [0, 0.1) is 20.8 Å². The summed E-state index contributed by atoms with van der Waals surface area (Å²) in [5.74, 6) is 2.40. The van der Waals surface area contributed by atoms with Crippen LogP contribution >= 0.6 is 0 Å². The lowest BCUT2D eigenvalue weighted by molar-refractivity contribution is 0.107. The van der Waals surface area contributed by atoms with Crippen LogP contribution in [-0.4, -0.2) is 47.4 Å². The average Bonchev–Trinajstić information content (AvgIpc) is 2.57. The van der Waals surface area contributed by atoms with E-state index in [4.69, 9.17) is 4.74 Å². The minimum Gasteiger partial charge on any atom is -0.491 e. The zero-order valence-electron chi connectivity index (χ0n) is 14.5. The molecule has 0 amide bonds. The summed E-state index contributed by atoms with van der Waals surface area (Å²) in [6, 6.07) is 9.49. The number of nitrogens with zero attached hydrogens (tertiary/aromatic N) is 2. The van der Waals surface area contributed by atoms with E-state index in [0.29, 0.717) is 6.54 Å². The minimum absolute atomic E-state index is 0.272. The molecule has 1 atom stereocenters. The summed E-state index contributed by atoms with van der Waals surface area (Å²) in [4.78, 5) is 8.74. The SMILES string of the molecule is Cc1nc(C)c(C)c(NCCNCC(O)COc2ccccc2)n1. The highest BCUT2D eigenvalue weighted by atomic mass is 16.5. The molecular formula is C18H26N4O2. The van der Waals surface area contributed by atoms with E-state index < -0.39 is 6.10 Å². The average molecular weight is 330 g/mol. The quantitative estimate of drug-likeness (QED) is 0.609. The second-order valence-corrected chi connectivity index (χ2v) is 5.74. The molecule has 1 unspecified atom stereocenters. The maximum atomic E-state index is 9.92. The Kier molecular flexibility index (Phi) is 6.96. The number of aliphatic hydroxyl groups is 1. The highest BCUT2D eigenvalue weighted by Crippen LogP contribution is 2.13. The molecule has 1 aromatic carbocycles. The lowest BCUT2D eigenvalue weighted by atomic mass is 10.2. The van der Waals surface area contributed by atoms with E-state index >= 15 is 0 Å². The van der Waals surface area contributed by atoms with Gasteiger partial charge in [0.25, 0.3) is 0 Å². The molecule has 0 bridgehead atoms. The van der Waals surface area contributed by atoms with E-state index in [1.165, 1.54) is 0 Å². The number of anilines is 1. The second-order valence-electron chi connectivity index (χ2n) is 5.74. The third-order valence-electron chi connectivity index (χ3n) is 3.66. The first-order valence-electron chi connectivity index (χ1n) is 8.18. The Morgan fingerprint density at radius 1 is 1.08 bits per heavy atom. The normalized spacial score (nSPS) is 12.0. The molecule has 0 radical (unpaired) electrons. The van der Waals surface area contributed by atoms with Crippen molar-refractivity contribution >= 4 is 5.82 Å². The van der Waals surface area contributed by atoms with Gasteiger partial charge in [-0.3, -0.25) is 0 Å². The van der Waals surface area contributed by atoms with E-state index in [9.17, 15) is 5.11 Å². The summed E-state index contributed by atoms with van der Waals surface area (Å²) >= 11 is 0. The van der Waals surface area contributed by atoms with Crippen LogP contribution in [0.2, 0.25) is 0 Å². The third kappa shape index (κ3) is 5.79. The van der Waals surface area contributed by atoms with E-state index in [0.717, 1.165) is 41.7 Å². The van der Waals surface area contributed by atoms with Gasteiger partial charge in [0.15, 0.2) is 0 Å². The van der Waals surface area contributed by atoms with Gasteiger partial charge in [0.05, 0.1) is 0 Å². The smallest absolute Gasteiger partial charge is 0.132 e. The third-order valence-corrected chi connectivity index (χ3v) is 3.66. The number of aryl methyl sites for hydroxylation is 2. The molecular weight excluding hydrogens is 304 g/mol. The summed E-state index contributed by atoms with van der Waals surface area (Å²) < 4.78 is 5.51. The summed E-state index contributed by atoms with van der Waals surface area (Å²) in [6.07, 6.45) is -0.546. The van der Waals surface area contributed by atoms with Crippen LogP contribution in [0.5, 0.6) is 5.75 Å². The van der Waals surface area contributed by atoms with Crippen molar-refractivity contribution in [2.45, 2.75) is 26.9 Å². The van der Waals surface area contributed by atoms with Crippen molar-refractivity contribution in [1.82, 2.24) is 15.3 Å². The van der Waals surface area contributed by atoms with Crippen LogP contribution in [0.4, 0.5) is 5.82 Å². The van der Waals surface area contributed by atoms with Gasteiger partial charge in [-0.25, -0.2) is 9.97 Å². The van der Waals surface area contributed by atoms with Crippen LogP contribution < -0.4 is 15.4 Å². The highest BCUT2D eigenvalue weighted by molar-refractivity contribution is 5.45. The zero-order valence-corrected chi connectivity index (χ0v) is 14.5. The topological polar surface area (TPSA) is 79.3 Å². The van der Waals surface area contributed by atoms with Gasteiger partial charge >= 0.3 is 0 Å². The number of para-hydroxylation sites is 1. The number of rotatable bonds is 9.